The van der Waals surface area contributed by atoms with E-state index in [4.69, 9.17) is 0 Å². The van der Waals surface area contributed by atoms with Gasteiger partial charge in [-0.2, -0.15) is 11.8 Å². The van der Waals surface area contributed by atoms with E-state index in [0.29, 0.717) is 12.3 Å². The quantitative estimate of drug-likeness (QED) is 0.822. The van der Waals surface area contributed by atoms with Gasteiger partial charge in [0.05, 0.1) is 6.04 Å². The first-order chi connectivity index (χ1) is 9.02. The second-order valence-corrected chi connectivity index (χ2v) is 6.36. The predicted molar refractivity (Wildman–Crippen MR) is 84.5 cm³/mol. The molecule has 1 aromatic rings. The Balaban J connectivity index is 2.52. The van der Waals surface area contributed by atoms with Crippen molar-refractivity contribution < 1.29 is 4.79 Å². The van der Waals surface area contributed by atoms with Crippen LogP contribution in [0.3, 0.4) is 0 Å². The van der Waals surface area contributed by atoms with Crippen molar-refractivity contribution >= 4 is 17.7 Å². The van der Waals surface area contributed by atoms with Crippen molar-refractivity contribution in [3.63, 3.8) is 0 Å². The van der Waals surface area contributed by atoms with Crippen LogP contribution in [0.1, 0.15) is 44.4 Å². The Morgan fingerprint density at radius 1 is 1.21 bits per heavy atom. The number of amides is 1. The molecule has 0 aromatic heterocycles. The molecule has 0 aliphatic heterocycles. The van der Waals surface area contributed by atoms with E-state index in [1.165, 1.54) is 11.1 Å². The molecule has 0 bridgehead atoms. The molecule has 1 aromatic carbocycles. The SMILES string of the molecule is CSCCC(=O)NC(C)c1ccc(CC(C)C)cc1. The van der Waals surface area contributed by atoms with Crippen molar-refractivity contribution in [2.24, 2.45) is 5.92 Å². The summed E-state index contributed by atoms with van der Waals surface area (Å²) in [7, 11) is 0. The van der Waals surface area contributed by atoms with Crippen molar-refractivity contribution in [2.45, 2.75) is 39.7 Å². The van der Waals surface area contributed by atoms with Gasteiger partial charge in [-0.1, -0.05) is 38.1 Å². The maximum absolute atomic E-state index is 11.7. The van der Waals surface area contributed by atoms with Gasteiger partial charge in [0, 0.05) is 12.2 Å². The highest BCUT2D eigenvalue weighted by Gasteiger charge is 2.09. The normalized spacial score (nSPS) is 12.5. The van der Waals surface area contributed by atoms with E-state index in [1.54, 1.807) is 11.8 Å². The Morgan fingerprint density at radius 3 is 2.37 bits per heavy atom. The topological polar surface area (TPSA) is 29.1 Å². The van der Waals surface area contributed by atoms with Gasteiger partial charge in [0.25, 0.3) is 0 Å². The molecule has 0 spiro atoms. The number of hydrogen-bond acceptors (Lipinski definition) is 2. The van der Waals surface area contributed by atoms with Crippen LogP contribution < -0.4 is 5.32 Å². The van der Waals surface area contributed by atoms with Crippen molar-refractivity contribution in [3.8, 4) is 0 Å². The van der Waals surface area contributed by atoms with Gasteiger partial charge in [0.15, 0.2) is 0 Å². The van der Waals surface area contributed by atoms with E-state index in [1.807, 2.05) is 13.2 Å². The fraction of sp³-hybridized carbons (Fsp3) is 0.562. The molecule has 0 saturated heterocycles. The first kappa shape index (κ1) is 16.1. The van der Waals surface area contributed by atoms with Gasteiger partial charge in [-0.25, -0.2) is 0 Å². The number of carbonyl (C=O) groups is 1. The predicted octanol–water partition coefficient (Wildman–Crippen LogP) is 3.82. The third-order valence-corrected chi connectivity index (χ3v) is 3.65. The van der Waals surface area contributed by atoms with Crippen LogP contribution in [0.4, 0.5) is 0 Å². The molecule has 0 fully saturated rings. The van der Waals surface area contributed by atoms with Crippen molar-refractivity contribution in [1.82, 2.24) is 5.32 Å². The molecule has 1 amide bonds. The number of carbonyl (C=O) groups excluding carboxylic acids is 1. The Hall–Kier alpha value is -0.960. The average molecular weight is 279 g/mol. The molecule has 19 heavy (non-hydrogen) atoms. The summed E-state index contributed by atoms with van der Waals surface area (Å²) in [4.78, 5) is 11.7. The molecular weight excluding hydrogens is 254 g/mol. The summed E-state index contributed by atoms with van der Waals surface area (Å²) in [6.07, 6.45) is 3.72. The lowest BCUT2D eigenvalue weighted by molar-refractivity contribution is -0.121. The number of benzene rings is 1. The number of thioether (sulfide) groups is 1. The van der Waals surface area contributed by atoms with E-state index in [9.17, 15) is 4.79 Å². The molecule has 0 radical (unpaired) electrons. The highest BCUT2D eigenvalue weighted by Crippen LogP contribution is 2.15. The van der Waals surface area contributed by atoms with Gasteiger partial charge in [0.2, 0.25) is 5.91 Å². The average Bonchev–Trinajstić information content (AvgIpc) is 2.36. The molecule has 1 atom stereocenters. The fourth-order valence-corrected chi connectivity index (χ4v) is 2.40. The highest BCUT2D eigenvalue weighted by molar-refractivity contribution is 7.98. The monoisotopic (exact) mass is 279 g/mol. The molecule has 0 aliphatic rings. The molecule has 106 valence electrons. The van der Waals surface area contributed by atoms with Crippen LogP contribution in [0.5, 0.6) is 0 Å². The summed E-state index contributed by atoms with van der Waals surface area (Å²) >= 11 is 1.70. The fourth-order valence-electron chi connectivity index (χ4n) is 2.01. The third kappa shape index (κ3) is 6.15. The standard InChI is InChI=1S/C16H25NOS/c1-12(2)11-14-5-7-15(8-6-14)13(3)17-16(18)9-10-19-4/h5-8,12-13H,9-11H2,1-4H3,(H,17,18). The highest BCUT2D eigenvalue weighted by atomic mass is 32.2. The summed E-state index contributed by atoms with van der Waals surface area (Å²) < 4.78 is 0. The summed E-state index contributed by atoms with van der Waals surface area (Å²) in [6, 6.07) is 8.66. The molecule has 0 aliphatic carbocycles. The van der Waals surface area contributed by atoms with E-state index in [0.717, 1.165) is 12.2 Å². The zero-order chi connectivity index (χ0) is 14.3. The molecule has 3 heteroatoms. The summed E-state index contributed by atoms with van der Waals surface area (Å²) in [5.41, 5.74) is 2.53. The van der Waals surface area contributed by atoms with Crippen LogP contribution in [0.2, 0.25) is 0 Å². The van der Waals surface area contributed by atoms with Gasteiger partial charge < -0.3 is 5.32 Å². The Bertz CT molecular complexity index is 386. The molecule has 0 heterocycles. The first-order valence-corrected chi connectivity index (χ1v) is 8.29. The van der Waals surface area contributed by atoms with Gasteiger partial charge in [-0.3, -0.25) is 4.79 Å². The van der Waals surface area contributed by atoms with Gasteiger partial charge >= 0.3 is 0 Å². The Kier molecular flexibility index (Phi) is 7.00. The zero-order valence-corrected chi connectivity index (χ0v) is 13.2. The lowest BCUT2D eigenvalue weighted by atomic mass is 10.00. The minimum absolute atomic E-state index is 0.0856. The number of hydrogen-bond donors (Lipinski definition) is 1. The minimum atomic E-state index is 0.0856. The molecule has 1 N–H and O–H groups in total. The zero-order valence-electron chi connectivity index (χ0n) is 12.4. The van der Waals surface area contributed by atoms with Gasteiger partial charge in [-0.05, 0) is 36.6 Å². The lowest BCUT2D eigenvalue weighted by Gasteiger charge is -2.15. The van der Waals surface area contributed by atoms with Crippen molar-refractivity contribution in [2.75, 3.05) is 12.0 Å². The van der Waals surface area contributed by atoms with E-state index in [-0.39, 0.29) is 11.9 Å². The van der Waals surface area contributed by atoms with Crippen LogP contribution >= 0.6 is 11.8 Å². The molecular formula is C16H25NOS. The number of nitrogens with one attached hydrogen (secondary N) is 1. The first-order valence-electron chi connectivity index (χ1n) is 6.90. The van der Waals surface area contributed by atoms with Gasteiger partial charge in [-0.15, -0.1) is 0 Å². The minimum Gasteiger partial charge on any atom is -0.350 e. The maximum Gasteiger partial charge on any atom is 0.221 e. The number of rotatable bonds is 7. The molecule has 1 unspecified atom stereocenters. The lowest BCUT2D eigenvalue weighted by Crippen LogP contribution is -2.26. The van der Waals surface area contributed by atoms with Crippen LogP contribution in [-0.2, 0) is 11.2 Å². The summed E-state index contributed by atoms with van der Waals surface area (Å²) in [5.74, 6) is 1.69. The second kappa shape index (κ2) is 8.26. The third-order valence-electron chi connectivity index (χ3n) is 3.03. The maximum atomic E-state index is 11.7. The van der Waals surface area contributed by atoms with E-state index >= 15 is 0 Å². The molecule has 1 rings (SSSR count). The van der Waals surface area contributed by atoms with Crippen LogP contribution in [-0.4, -0.2) is 17.9 Å². The van der Waals surface area contributed by atoms with E-state index in [2.05, 4.69) is 43.4 Å². The van der Waals surface area contributed by atoms with Crippen molar-refractivity contribution in [1.29, 1.82) is 0 Å². The van der Waals surface area contributed by atoms with Crippen molar-refractivity contribution in [3.05, 3.63) is 35.4 Å². The van der Waals surface area contributed by atoms with E-state index < -0.39 is 0 Å². The summed E-state index contributed by atoms with van der Waals surface area (Å²) in [5, 5.41) is 3.04. The Morgan fingerprint density at radius 2 is 1.84 bits per heavy atom. The van der Waals surface area contributed by atoms with Gasteiger partial charge in [0.1, 0.15) is 0 Å². The molecule has 0 saturated carbocycles. The van der Waals surface area contributed by atoms with Crippen LogP contribution in [0.25, 0.3) is 0 Å². The smallest absolute Gasteiger partial charge is 0.221 e. The van der Waals surface area contributed by atoms with Crippen LogP contribution in [0.15, 0.2) is 24.3 Å². The van der Waals surface area contributed by atoms with Crippen LogP contribution in [0, 0.1) is 5.92 Å². The largest absolute Gasteiger partial charge is 0.350 e. The molecule has 2 nitrogen and oxygen atoms in total. The Labute approximate surface area is 121 Å². The second-order valence-electron chi connectivity index (χ2n) is 5.37. The summed E-state index contributed by atoms with van der Waals surface area (Å²) in [6.45, 7) is 6.49.